The molecule has 4 aromatic rings. The third-order valence-electron chi connectivity index (χ3n) is 4.47. The Morgan fingerprint density at radius 3 is 2.48 bits per heavy atom. The van der Waals surface area contributed by atoms with Gasteiger partial charge in [-0.1, -0.05) is 18.2 Å². The molecule has 144 valence electrons. The third kappa shape index (κ3) is 3.25. The molecule has 29 heavy (non-hydrogen) atoms. The van der Waals surface area contributed by atoms with Crippen LogP contribution in [0, 0.1) is 17.0 Å². The van der Waals surface area contributed by atoms with Crippen LogP contribution in [-0.2, 0) is 0 Å². The standard InChI is InChI=1S/C20H15N5O4/c1-12-17-18(26)16(20(27)22-13-7-9-15(10-8-13)25(28)29)11-21-19(17)24(23-12)14-5-3-2-4-6-14/h2-11H,1H3,(H,21,26)(H,22,27). The highest BCUT2D eigenvalue weighted by Gasteiger charge is 2.19. The lowest BCUT2D eigenvalue weighted by atomic mass is 10.1. The zero-order valence-corrected chi connectivity index (χ0v) is 15.2. The molecule has 0 bridgehead atoms. The number of carbonyl (C=O) groups is 1. The lowest BCUT2D eigenvalue weighted by Gasteiger charge is -2.06. The highest BCUT2D eigenvalue weighted by atomic mass is 16.6. The Kier molecular flexibility index (Phi) is 4.40. The lowest BCUT2D eigenvalue weighted by molar-refractivity contribution is -0.384. The Labute approximate surface area is 163 Å². The van der Waals surface area contributed by atoms with Gasteiger partial charge in [-0.15, -0.1) is 0 Å². The van der Waals surface area contributed by atoms with Crippen molar-refractivity contribution in [3.05, 3.63) is 92.4 Å². The lowest BCUT2D eigenvalue weighted by Crippen LogP contribution is -2.22. The molecular weight excluding hydrogens is 374 g/mol. The van der Waals surface area contributed by atoms with Crippen molar-refractivity contribution in [3.8, 4) is 5.69 Å². The molecule has 9 heteroatoms. The van der Waals surface area contributed by atoms with E-state index >= 15 is 0 Å². The van der Waals surface area contributed by atoms with Crippen LogP contribution < -0.4 is 10.7 Å². The quantitative estimate of drug-likeness (QED) is 0.410. The Morgan fingerprint density at radius 1 is 1.14 bits per heavy atom. The van der Waals surface area contributed by atoms with E-state index in [4.69, 9.17) is 0 Å². The monoisotopic (exact) mass is 389 g/mol. The number of amides is 1. The summed E-state index contributed by atoms with van der Waals surface area (Å²) in [6.45, 7) is 1.70. The van der Waals surface area contributed by atoms with Crippen LogP contribution in [-0.4, -0.2) is 25.6 Å². The molecule has 0 aliphatic carbocycles. The number of aryl methyl sites for hydroxylation is 1. The molecule has 0 saturated carbocycles. The zero-order valence-electron chi connectivity index (χ0n) is 15.2. The Balaban J connectivity index is 1.71. The minimum atomic E-state index is -0.617. The molecule has 9 nitrogen and oxygen atoms in total. The van der Waals surface area contributed by atoms with Crippen molar-refractivity contribution in [2.24, 2.45) is 0 Å². The third-order valence-corrected chi connectivity index (χ3v) is 4.47. The number of nitro benzene ring substituents is 1. The van der Waals surface area contributed by atoms with Crippen LogP contribution in [0.2, 0.25) is 0 Å². The molecule has 2 aromatic carbocycles. The maximum Gasteiger partial charge on any atom is 0.269 e. The summed E-state index contributed by atoms with van der Waals surface area (Å²) in [4.78, 5) is 38.7. The fraction of sp³-hybridized carbons (Fsp3) is 0.0500. The number of non-ortho nitro benzene ring substituents is 1. The second-order valence-corrected chi connectivity index (χ2v) is 6.35. The molecule has 2 heterocycles. The predicted octanol–water partition coefficient (Wildman–Crippen LogP) is 3.18. The molecule has 0 saturated heterocycles. The first kappa shape index (κ1) is 18.1. The topological polar surface area (TPSA) is 123 Å². The van der Waals surface area contributed by atoms with Crippen LogP contribution >= 0.6 is 0 Å². The van der Waals surface area contributed by atoms with Crippen molar-refractivity contribution in [1.29, 1.82) is 0 Å². The largest absolute Gasteiger partial charge is 0.345 e. The summed E-state index contributed by atoms with van der Waals surface area (Å²) in [6.07, 6.45) is 1.34. The first-order valence-corrected chi connectivity index (χ1v) is 8.68. The van der Waals surface area contributed by atoms with Crippen molar-refractivity contribution in [2.45, 2.75) is 6.92 Å². The maximum absolute atomic E-state index is 12.9. The highest BCUT2D eigenvalue weighted by Crippen LogP contribution is 2.19. The number of nitrogens with one attached hydrogen (secondary N) is 2. The zero-order chi connectivity index (χ0) is 20.5. The van der Waals surface area contributed by atoms with E-state index in [2.05, 4.69) is 15.4 Å². The number of para-hydroxylation sites is 1. The van der Waals surface area contributed by atoms with Gasteiger partial charge in [0.2, 0.25) is 5.43 Å². The van der Waals surface area contributed by atoms with Crippen LogP contribution in [0.1, 0.15) is 16.1 Å². The van der Waals surface area contributed by atoms with Gasteiger partial charge in [-0.2, -0.15) is 5.10 Å². The number of benzene rings is 2. The van der Waals surface area contributed by atoms with E-state index in [1.807, 2.05) is 30.3 Å². The minimum absolute atomic E-state index is 0.0773. The number of H-pyrrole nitrogens is 1. The van der Waals surface area contributed by atoms with Gasteiger partial charge in [-0.05, 0) is 31.2 Å². The van der Waals surface area contributed by atoms with Crippen LogP contribution in [0.15, 0.2) is 65.6 Å². The number of fused-ring (bicyclic) bond motifs is 1. The van der Waals surface area contributed by atoms with Gasteiger partial charge >= 0.3 is 0 Å². The average Bonchev–Trinajstić information content (AvgIpc) is 3.06. The molecule has 2 N–H and O–H groups in total. The van der Waals surface area contributed by atoms with Crippen LogP contribution in [0.25, 0.3) is 16.7 Å². The molecule has 0 aliphatic heterocycles. The van der Waals surface area contributed by atoms with Crippen molar-refractivity contribution >= 4 is 28.3 Å². The normalized spacial score (nSPS) is 10.8. The molecule has 0 spiro atoms. The van der Waals surface area contributed by atoms with E-state index in [0.717, 1.165) is 5.69 Å². The van der Waals surface area contributed by atoms with Gasteiger partial charge in [0.1, 0.15) is 11.2 Å². The number of anilines is 1. The molecule has 4 rings (SSSR count). The number of aromatic amines is 1. The first-order chi connectivity index (χ1) is 14.0. The number of pyridine rings is 1. The van der Waals surface area contributed by atoms with E-state index in [0.29, 0.717) is 22.4 Å². The molecule has 0 fully saturated rings. The average molecular weight is 389 g/mol. The maximum atomic E-state index is 12.9. The predicted molar refractivity (Wildman–Crippen MR) is 107 cm³/mol. The summed E-state index contributed by atoms with van der Waals surface area (Å²) >= 11 is 0. The minimum Gasteiger partial charge on any atom is -0.345 e. The highest BCUT2D eigenvalue weighted by molar-refractivity contribution is 6.05. The van der Waals surface area contributed by atoms with E-state index in [9.17, 15) is 19.7 Å². The van der Waals surface area contributed by atoms with Gasteiger partial charge in [0.25, 0.3) is 11.6 Å². The van der Waals surface area contributed by atoms with Gasteiger partial charge in [-0.25, -0.2) is 4.68 Å². The van der Waals surface area contributed by atoms with E-state index in [1.165, 1.54) is 30.5 Å². The summed E-state index contributed by atoms with van der Waals surface area (Å²) in [6, 6.07) is 14.7. The molecule has 0 atom stereocenters. The first-order valence-electron chi connectivity index (χ1n) is 8.68. The molecule has 0 radical (unpaired) electrons. The van der Waals surface area contributed by atoms with Gasteiger partial charge < -0.3 is 10.3 Å². The summed E-state index contributed by atoms with van der Waals surface area (Å²) < 4.78 is 1.62. The fourth-order valence-corrected chi connectivity index (χ4v) is 3.06. The van der Waals surface area contributed by atoms with Crippen molar-refractivity contribution < 1.29 is 9.72 Å². The number of nitrogens with zero attached hydrogens (tertiary/aromatic N) is 3. The number of rotatable bonds is 4. The van der Waals surface area contributed by atoms with Gasteiger partial charge in [0, 0.05) is 24.0 Å². The van der Waals surface area contributed by atoms with Crippen molar-refractivity contribution in [3.63, 3.8) is 0 Å². The molecule has 0 unspecified atom stereocenters. The molecule has 0 aliphatic rings. The van der Waals surface area contributed by atoms with Gasteiger partial charge in [-0.3, -0.25) is 19.7 Å². The second-order valence-electron chi connectivity index (χ2n) is 6.35. The number of carbonyl (C=O) groups excluding carboxylic acids is 1. The molecule has 2 aromatic heterocycles. The van der Waals surface area contributed by atoms with Crippen LogP contribution in [0.5, 0.6) is 0 Å². The Bertz CT molecular complexity index is 1290. The summed E-state index contributed by atoms with van der Waals surface area (Å²) in [7, 11) is 0. The number of nitro groups is 1. The Morgan fingerprint density at radius 2 is 1.83 bits per heavy atom. The smallest absolute Gasteiger partial charge is 0.269 e. The van der Waals surface area contributed by atoms with E-state index in [-0.39, 0.29) is 11.3 Å². The van der Waals surface area contributed by atoms with Gasteiger partial charge in [0.15, 0.2) is 0 Å². The van der Waals surface area contributed by atoms with Crippen LogP contribution in [0.3, 0.4) is 0 Å². The number of aromatic nitrogens is 3. The number of hydrogen-bond donors (Lipinski definition) is 2. The van der Waals surface area contributed by atoms with Crippen molar-refractivity contribution in [2.75, 3.05) is 5.32 Å². The van der Waals surface area contributed by atoms with Crippen LogP contribution in [0.4, 0.5) is 11.4 Å². The fourth-order valence-electron chi connectivity index (χ4n) is 3.06. The SMILES string of the molecule is Cc1nn(-c2ccccc2)c2[nH]cc(C(=O)Nc3ccc([N+](=O)[O-])cc3)c(=O)c12. The van der Waals surface area contributed by atoms with E-state index < -0.39 is 16.3 Å². The summed E-state index contributed by atoms with van der Waals surface area (Å²) in [5.41, 5.74) is 1.50. The number of hydrogen-bond acceptors (Lipinski definition) is 5. The molecule has 1 amide bonds. The summed E-state index contributed by atoms with van der Waals surface area (Å²) in [5.74, 6) is -0.617. The van der Waals surface area contributed by atoms with E-state index in [1.54, 1.807) is 11.6 Å². The van der Waals surface area contributed by atoms with Crippen molar-refractivity contribution in [1.82, 2.24) is 14.8 Å². The second kappa shape index (κ2) is 7.04. The Hall–Kier alpha value is -4.27. The molecular formula is C20H15N5O4. The summed E-state index contributed by atoms with van der Waals surface area (Å²) in [5, 5.41) is 18.1. The van der Waals surface area contributed by atoms with Gasteiger partial charge in [0.05, 0.1) is 21.7 Å².